The van der Waals surface area contributed by atoms with Gasteiger partial charge in [0.2, 0.25) is 0 Å². The van der Waals surface area contributed by atoms with Crippen LogP contribution in [0.2, 0.25) is 0 Å². The highest BCUT2D eigenvalue weighted by atomic mass is 15.2. The molecule has 0 amide bonds. The van der Waals surface area contributed by atoms with Crippen molar-refractivity contribution in [1.82, 2.24) is 4.90 Å². The predicted octanol–water partition coefficient (Wildman–Crippen LogP) is 3.52. The SMILES string of the molecule is C1=c2ccccc2=NC(CCc2ccccc2)N1Cc1ccccc1. The van der Waals surface area contributed by atoms with Gasteiger partial charge in [0.05, 0.1) is 5.36 Å². The summed E-state index contributed by atoms with van der Waals surface area (Å²) in [5.74, 6) is 0. The first kappa shape index (κ1) is 15.6. The highest BCUT2D eigenvalue weighted by Gasteiger charge is 2.17. The predicted molar refractivity (Wildman–Crippen MR) is 102 cm³/mol. The average Bonchev–Trinajstić information content (AvgIpc) is 2.68. The van der Waals surface area contributed by atoms with E-state index in [1.165, 1.54) is 16.3 Å². The van der Waals surface area contributed by atoms with Crippen LogP contribution in [-0.4, -0.2) is 11.1 Å². The Morgan fingerprint density at radius 1 is 0.720 bits per heavy atom. The van der Waals surface area contributed by atoms with Gasteiger partial charge in [-0.15, -0.1) is 0 Å². The number of rotatable bonds is 5. The molecule has 25 heavy (non-hydrogen) atoms. The van der Waals surface area contributed by atoms with Gasteiger partial charge >= 0.3 is 0 Å². The molecule has 0 saturated carbocycles. The Hall–Kier alpha value is -2.87. The number of benzene rings is 3. The van der Waals surface area contributed by atoms with Crippen LogP contribution in [-0.2, 0) is 13.0 Å². The Balaban J connectivity index is 1.60. The van der Waals surface area contributed by atoms with Crippen molar-refractivity contribution in [2.75, 3.05) is 0 Å². The van der Waals surface area contributed by atoms with Crippen molar-refractivity contribution in [2.45, 2.75) is 25.6 Å². The maximum absolute atomic E-state index is 5.03. The fourth-order valence-electron chi connectivity index (χ4n) is 3.33. The van der Waals surface area contributed by atoms with E-state index in [0.717, 1.165) is 24.7 Å². The van der Waals surface area contributed by atoms with Gasteiger partial charge in [0.15, 0.2) is 0 Å². The van der Waals surface area contributed by atoms with E-state index in [1.54, 1.807) is 0 Å². The first-order valence-electron chi connectivity index (χ1n) is 8.87. The minimum atomic E-state index is 0.176. The number of hydrogen-bond acceptors (Lipinski definition) is 2. The molecule has 124 valence electrons. The average molecular weight is 326 g/mol. The molecule has 1 unspecified atom stereocenters. The van der Waals surface area contributed by atoms with E-state index in [2.05, 4.69) is 96.0 Å². The molecule has 0 aliphatic carbocycles. The maximum atomic E-state index is 5.03. The van der Waals surface area contributed by atoms with Gasteiger partial charge in [-0.2, -0.15) is 0 Å². The zero-order valence-corrected chi connectivity index (χ0v) is 14.3. The standard InChI is InChI=1S/C23H22N2/c1-3-9-19(10-4-1)15-16-23-24-22-14-8-7-13-21(22)18-25(23)17-20-11-5-2-6-12-20/h1-14,18,23H,15-17H2. The molecule has 0 aromatic heterocycles. The summed E-state index contributed by atoms with van der Waals surface area (Å²) in [5, 5.41) is 2.30. The third kappa shape index (κ3) is 3.80. The second-order valence-electron chi connectivity index (χ2n) is 6.48. The van der Waals surface area contributed by atoms with Crippen molar-refractivity contribution in [3.8, 4) is 0 Å². The van der Waals surface area contributed by atoms with Crippen molar-refractivity contribution in [3.05, 3.63) is 107 Å². The molecule has 1 aliphatic rings. The lowest BCUT2D eigenvalue weighted by molar-refractivity contribution is 0.279. The summed E-state index contributed by atoms with van der Waals surface area (Å²) < 4.78 is 0. The fourth-order valence-corrected chi connectivity index (χ4v) is 3.33. The minimum absolute atomic E-state index is 0.176. The summed E-state index contributed by atoms with van der Waals surface area (Å²) in [6, 6.07) is 29.7. The third-order valence-corrected chi connectivity index (χ3v) is 4.65. The highest BCUT2D eigenvalue weighted by Crippen LogP contribution is 2.16. The Kier molecular flexibility index (Phi) is 4.60. The van der Waals surface area contributed by atoms with Gasteiger partial charge in [-0.3, -0.25) is 4.99 Å². The molecule has 0 radical (unpaired) electrons. The van der Waals surface area contributed by atoms with Crippen LogP contribution < -0.4 is 10.6 Å². The second-order valence-corrected chi connectivity index (χ2v) is 6.48. The van der Waals surface area contributed by atoms with E-state index in [4.69, 9.17) is 4.99 Å². The van der Waals surface area contributed by atoms with E-state index >= 15 is 0 Å². The minimum Gasteiger partial charge on any atom is -0.351 e. The summed E-state index contributed by atoms with van der Waals surface area (Å²) in [6.45, 7) is 0.887. The lowest BCUT2D eigenvalue weighted by Gasteiger charge is -2.30. The first-order valence-corrected chi connectivity index (χ1v) is 8.87. The van der Waals surface area contributed by atoms with Crippen LogP contribution in [0, 0.1) is 0 Å². The van der Waals surface area contributed by atoms with Crippen molar-refractivity contribution < 1.29 is 0 Å². The van der Waals surface area contributed by atoms with Crippen LogP contribution in [0.25, 0.3) is 6.20 Å². The molecule has 2 nitrogen and oxygen atoms in total. The van der Waals surface area contributed by atoms with Gasteiger partial charge in [0.1, 0.15) is 6.17 Å². The van der Waals surface area contributed by atoms with Gasteiger partial charge in [-0.05, 0) is 30.0 Å². The summed E-state index contributed by atoms with van der Waals surface area (Å²) in [7, 11) is 0. The van der Waals surface area contributed by atoms with Crippen molar-refractivity contribution in [1.29, 1.82) is 0 Å². The van der Waals surface area contributed by atoms with Crippen molar-refractivity contribution >= 4 is 6.20 Å². The lowest BCUT2D eigenvalue weighted by atomic mass is 10.1. The Labute approximate surface area is 148 Å². The van der Waals surface area contributed by atoms with E-state index in [-0.39, 0.29) is 6.17 Å². The lowest BCUT2D eigenvalue weighted by Crippen LogP contribution is -2.41. The Morgan fingerprint density at radius 2 is 1.36 bits per heavy atom. The number of para-hydroxylation sites is 1. The summed E-state index contributed by atoms with van der Waals surface area (Å²) in [5.41, 5.74) is 2.69. The largest absolute Gasteiger partial charge is 0.351 e. The second kappa shape index (κ2) is 7.35. The monoisotopic (exact) mass is 326 g/mol. The first-order chi connectivity index (χ1) is 12.4. The Bertz CT molecular complexity index is 933. The smallest absolute Gasteiger partial charge is 0.122 e. The van der Waals surface area contributed by atoms with Crippen LogP contribution in [0.4, 0.5) is 0 Å². The fraction of sp³-hybridized carbons (Fsp3) is 0.174. The molecule has 1 aliphatic heterocycles. The van der Waals surface area contributed by atoms with E-state index in [9.17, 15) is 0 Å². The van der Waals surface area contributed by atoms with E-state index in [0.29, 0.717) is 0 Å². The van der Waals surface area contributed by atoms with Crippen molar-refractivity contribution in [2.24, 2.45) is 4.99 Å². The molecule has 1 atom stereocenters. The zero-order chi connectivity index (χ0) is 16.9. The summed E-state index contributed by atoms with van der Waals surface area (Å²) in [4.78, 5) is 7.41. The normalized spacial score (nSPS) is 15.8. The number of aryl methyl sites for hydroxylation is 1. The van der Waals surface area contributed by atoms with Crippen LogP contribution in [0.5, 0.6) is 0 Å². The number of hydrogen-bond donors (Lipinski definition) is 0. The molecule has 0 saturated heterocycles. The molecule has 0 fully saturated rings. The van der Waals surface area contributed by atoms with E-state index in [1.807, 2.05) is 0 Å². The van der Waals surface area contributed by atoms with Crippen LogP contribution in [0.3, 0.4) is 0 Å². The third-order valence-electron chi connectivity index (χ3n) is 4.65. The van der Waals surface area contributed by atoms with Crippen molar-refractivity contribution in [3.63, 3.8) is 0 Å². The molecule has 3 aromatic rings. The zero-order valence-electron chi connectivity index (χ0n) is 14.3. The van der Waals surface area contributed by atoms with Gasteiger partial charge in [0.25, 0.3) is 0 Å². The summed E-state index contributed by atoms with van der Waals surface area (Å²) >= 11 is 0. The van der Waals surface area contributed by atoms with Gasteiger partial charge in [-0.25, -0.2) is 0 Å². The molecule has 3 aromatic carbocycles. The van der Waals surface area contributed by atoms with Crippen LogP contribution >= 0.6 is 0 Å². The molecule has 4 rings (SSSR count). The molecular formula is C23H22N2. The summed E-state index contributed by atoms with van der Waals surface area (Å²) in [6.07, 6.45) is 4.50. The molecule has 0 bridgehead atoms. The van der Waals surface area contributed by atoms with Gasteiger partial charge in [-0.1, -0.05) is 78.9 Å². The van der Waals surface area contributed by atoms with Crippen LogP contribution in [0.15, 0.2) is 89.9 Å². The molecule has 0 spiro atoms. The molecule has 2 heteroatoms. The van der Waals surface area contributed by atoms with Crippen LogP contribution in [0.1, 0.15) is 17.5 Å². The Morgan fingerprint density at radius 3 is 2.12 bits per heavy atom. The number of fused-ring (bicyclic) bond motifs is 1. The topological polar surface area (TPSA) is 15.6 Å². The molecular weight excluding hydrogens is 304 g/mol. The number of nitrogens with zero attached hydrogens (tertiary/aromatic N) is 2. The maximum Gasteiger partial charge on any atom is 0.122 e. The van der Waals surface area contributed by atoms with Gasteiger partial charge < -0.3 is 4.90 Å². The molecule has 0 N–H and O–H groups in total. The van der Waals surface area contributed by atoms with Gasteiger partial charge in [0, 0.05) is 18.0 Å². The quantitative estimate of drug-likeness (QED) is 0.700. The van der Waals surface area contributed by atoms with E-state index < -0.39 is 0 Å². The molecule has 1 heterocycles. The highest BCUT2D eigenvalue weighted by molar-refractivity contribution is 5.27.